The van der Waals surface area contributed by atoms with E-state index in [0.29, 0.717) is 12.1 Å². The lowest BCUT2D eigenvalue weighted by atomic mass is 9.95. The maximum atomic E-state index is 6.05. The van der Waals surface area contributed by atoms with Crippen molar-refractivity contribution in [1.82, 2.24) is 4.90 Å². The van der Waals surface area contributed by atoms with Crippen LogP contribution in [0.1, 0.15) is 52.4 Å². The van der Waals surface area contributed by atoms with E-state index in [1.54, 1.807) is 0 Å². The summed E-state index contributed by atoms with van der Waals surface area (Å²) in [5.74, 6) is 1.86. The van der Waals surface area contributed by atoms with E-state index in [-0.39, 0.29) is 0 Å². The van der Waals surface area contributed by atoms with Crippen molar-refractivity contribution in [3.63, 3.8) is 0 Å². The highest BCUT2D eigenvalue weighted by Crippen LogP contribution is 2.35. The summed E-state index contributed by atoms with van der Waals surface area (Å²) in [4.78, 5) is 2.70. The fourth-order valence-corrected chi connectivity index (χ4v) is 3.27. The second-order valence-corrected chi connectivity index (χ2v) is 6.08. The van der Waals surface area contributed by atoms with Crippen molar-refractivity contribution in [3.05, 3.63) is 0 Å². The van der Waals surface area contributed by atoms with Crippen LogP contribution >= 0.6 is 0 Å². The lowest BCUT2D eigenvalue weighted by Gasteiger charge is -2.38. The van der Waals surface area contributed by atoms with Crippen LogP contribution in [0.5, 0.6) is 0 Å². The van der Waals surface area contributed by atoms with Crippen LogP contribution in [0, 0.1) is 11.8 Å². The molecule has 0 aromatic heterocycles. The molecule has 0 amide bonds. The minimum atomic E-state index is 0.656. The smallest absolute Gasteiger partial charge is 0.0249 e. The van der Waals surface area contributed by atoms with E-state index in [0.717, 1.165) is 18.4 Å². The second-order valence-electron chi connectivity index (χ2n) is 6.08. The van der Waals surface area contributed by atoms with Crippen LogP contribution in [0.3, 0.4) is 0 Å². The van der Waals surface area contributed by atoms with Gasteiger partial charge in [0.25, 0.3) is 0 Å². The van der Waals surface area contributed by atoms with E-state index in [2.05, 4.69) is 18.7 Å². The van der Waals surface area contributed by atoms with Gasteiger partial charge in [0.15, 0.2) is 0 Å². The zero-order chi connectivity index (χ0) is 11.5. The fraction of sp³-hybridized carbons (Fsp3) is 1.00. The van der Waals surface area contributed by atoms with Crippen molar-refractivity contribution in [2.75, 3.05) is 13.1 Å². The summed E-state index contributed by atoms with van der Waals surface area (Å²) in [6.07, 6.45) is 8.58. The molecule has 2 aliphatic rings. The van der Waals surface area contributed by atoms with Gasteiger partial charge in [0.05, 0.1) is 0 Å². The average molecular weight is 224 g/mol. The van der Waals surface area contributed by atoms with Crippen LogP contribution in [0.25, 0.3) is 0 Å². The zero-order valence-electron chi connectivity index (χ0n) is 11.0. The van der Waals surface area contributed by atoms with Gasteiger partial charge in [-0.25, -0.2) is 0 Å². The van der Waals surface area contributed by atoms with E-state index in [1.807, 2.05) is 0 Å². The van der Waals surface area contributed by atoms with E-state index in [1.165, 1.54) is 45.1 Å². The molecule has 0 radical (unpaired) electrons. The summed E-state index contributed by atoms with van der Waals surface area (Å²) >= 11 is 0. The van der Waals surface area contributed by atoms with Crippen LogP contribution in [0.15, 0.2) is 0 Å². The largest absolute Gasteiger partial charge is 0.329 e. The van der Waals surface area contributed by atoms with Gasteiger partial charge in [-0.3, -0.25) is 4.90 Å². The van der Waals surface area contributed by atoms with Crippen molar-refractivity contribution in [2.24, 2.45) is 17.6 Å². The number of nitrogens with zero attached hydrogens (tertiary/aromatic N) is 1. The normalized spacial score (nSPS) is 24.6. The first-order chi connectivity index (χ1) is 7.72. The summed E-state index contributed by atoms with van der Waals surface area (Å²) in [5, 5.41) is 0. The van der Waals surface area contributed by atoms with Gasteiger partial charge >= 0.3 is 0 Å². The first-order valence-electron chi connectivity index (χ1n) is 7.18. The molecule has 2 fully saturated rings. The Labute approximate surface area is 101 Å². The molecular formula is C14H28N2. The van der Waals surface area contributed by atoms with Crippen LogP contribution < -0.4 is 5.73 Å². The summed E-state index contributed by atoms with van der Waals surface area (Å²) < 4.78 is 0. The van der Waals surface area contributed by atoms with Crippen molar-refractivity contribution in [1.29, 1.82) is 0 Å². The van der Waals surface area contributed by atoms with Crippen molar-refractivity contribution >= 4 is 0 Å². The molecule has 0 saturated heterocycles. The molecular weight excluding hydrogens is 196 g/mol. The van der Waals surface area contributed by atoms with Gasteiger partial charge < -0.3 is 5.73 Å². The van der Waals surface area contributed by atoms with Crippen LogP contribution in [0.4, 0.5) is 0 Å². The first kappa shape index (κ1) is 12.4. The number of rotatable bonds is 6. The molecule has 1 unspecified atom stereocenters. The molecule has 2 rings (SSSR count). The minimum Gasteiger partial charge on any atom is -0.329 e. The van der Waals surface area contributed by atoms with Crippen molar-refractivity contribution in [3.8, 4) is 0 Å². The molecule has 1 atom stereocenters. The molecule has 0 spiro atoms. The Kier molecular flexibility index (Phi) is 4.26. The molecule has 0 bridgehead atoms. The molecule has 0 aliphatic heterocycles. The Morgan fingerprint density at radius 3 is 2.19 bits per heavy atom. The monoisotopic (exact) mass is 224 g/mol. The highest BCUT2D eigenvalue weighted by atomic mass is 15.2. The van der Waals surface area contributed by atoms with Gasteiger partial charge in [-0.1, -0.05) is 12.8 Å². The molecule has 2 saturated carbocycles. The van der Waals surface area contributed by atoms with Gasteiger partial charge in [-0.05, 0) is 51.4 Å². The van der Waals surface area contributed by atoms with E-state index < -0.39 is 0 Å². The highest BCUT2D eigenvalue weighted by Gasteiger charge is 2.33. The summed E-state index contributed by atoms with van der Waals surface area (Å²) in [7, 11) is 0. The fourth-order valence-electron chi connectivity index (χ4n) is 3.27. The third-order valence-electron chi connectivity index (χ3n) is 4.44. The second kappa shape index (κ2) is 5.50. The lowest BCUT2D eigenvalue weighted by molar-refractivity contribution is 0.106. The lowest BCUT2D eigenvalue weighted by Crippen LogP contribution is -2.49. The topological polar surface area (TPSA) is 29.3 Å². The van der Waals surface area contributed by atoms with Gasteiger partial charge in [0.1, 0.15) is 0 Å². The summed E-state index contributed by atoms with van der Waals surface area (Å²) in [6, 6.07) is 1.32. The Morgan fingerprint density at radius 2 is 1.75 bits per heavy atom. The predicted molar refractivity (Wildman–Crippen MR) is 69.4 cm³/mol. The average Bonchev–Trinajstić information content (AvgIpc) is 2.91. The van der Waals surface area contributed by atoms with Gasteiger partial charge in [0, 0.05) is 25.2 Å². The van der Waals surface area contributed by atoms with Crippen LogP contribution in [0.2, 0.25) is 0 Å². The molecule has 94 valence electrons. The predicted octanol–water partition coefficient (Wildman–Crippen LogP) is 2.62. The Hall–Kier alpha value is -0.0800. The van der Waals surface area contributed by atoms with E-state index in [9.17, 15) is 0 Å². The van der Waals surface area contributed by atoms with Gasteiger partial charge in [-0.2, -0.15) is 0 Å². The first-order valence-corrected chi connectivity index (χ1v) is 7.18. The molecule has 2 aliphatic carbocycles. The molecule has 2 nitrogen and oxygen atoms in total. The molecule has 0 aromatic carbocycles. The molecule has 16 heavy (non-hydrogen) atoms. The molecule has 2 heteroatoms. The number of hydrogen-bond donors (Lipinski definition) is 1. The van der Waals surface area contributed by atoms with Gasteiger partial charge in [-0.15, -0.1) is 0 Å². The quantitative estimate of drug-likeness (QED) is 0.751. The Morgan fingerprint density at radius 1 is 1.12 bits per heavy atom. The highest BCUT2D eigenvalue weighted by molar-refractivity contribution is 4.88. The van der Waals surface area contributed by atoms with Crippen LogP contribution in [-0.2, 0) is 0 Å². The van der Waals surface area contributed by atoms with Gasteiger partial charge in [0.2, 0.25) is 0 Å². The summed E-state index contributed by atoms with van der Waals surface area (Å²) in [5.41, 5.74) is 6.05. The Balaban J connectivity index is 1.95. The van der Waals surface area contributed by atoms with Crippen LogP contribution in [-0.4, -0.2) is 30.1 Å². The Bertz CT molecular complexity index is 205. The van der Waals surface area contributed by atoms with E-state index >= 15 is 0 Å². The zero-order valence-corrected chi connectivity index (χ0v) is 11.0. The maximum absolute atomic E-state index is 6.05. The molecule has 0 heterocycles. The maximum Gasteiger partial charge on any atom is 0.0249 e. The van der Waals surface area contributed by atoms with E-state index in [4.69, 9.17) is 5.73 Å². The summed E-state index contributed by atoms with van der Waals surface area (Å²) in [6.45, 7) is 6.82. The standard InChI is InChI=1S/C14H28N2/c1-11(2)16(10-12-7-8-12)14(9-15)13-5-3-4-6-13/h11-14H,3-10,15H2,1-2H3. The third-order valence-corrected chi connectivity index (χ3v) is 4.44. The van der Waals surface area contributed by atoms with Crippen molar-refractivity contribution in [2.45, 2.75) is 64.5 Å². The number of nitrogens with two attached hydrogens (primary N) is 1. The number of hydrogen-bond acceptors (Lipinski definition) is 2. The SMILES string of the molecule is CC(C)N(CC1CC1)C(CN)C1CCCC1. The minimum absolute atomic E-state index is 0.656. The molecule has 2 N–H and O–H groups in total. The third kappa shape index (κ3) is 2.98. The molecule has 0 aromatic rings. The van der Waals surface area contributed by atoms with Crippen molar-refractivity contribution < 1.29 is 0 Å².